The summed E-state index contributed by atoms with van der Waals surface area (Å²) in [6.07, 6.45) is 3.20. The number of benzene rings is 1. The lowest BCUT2D eigenvalue weighted by Gasteiger charge is -2.30. The van der Waals surface area contributed by atoms with Gasteiger partial charge in [0, 0.05) is 29.2 Å². The Labute approximate surface area is 126 Å². The fourth-order valence-corrected chi connectivity index (χ4v) is 3.22. The third kappa shape index (κ3) is 4.11. The fourth-order valence-electron chi connectivity index (χ4n) is 2.31. The predicted octanol–water partition coefficient (Wildman–Crippen LogP) is 3.91. The summed E-state index contributed by atoms with van der Waals surface area (Å²) < 4.78 is 0. The van der Waals surface area contributed by atoms with Crippen molar-refractivity contribution in [3.05, 3.63) is 23.8 Å². The smallest absolute Gasteiger partial charge is 0.107 e. The molecule has 1 aromatic carbocycles. The number of nitrogens with two attached hydrogens (primary N) is 1. The Morgan fingerprint density at radius 3 is 2.47 bits per heavy atom. The van der Waals surface area contributed by atoms with Crippen molar-refractivity contribution < 1.29 is 0 Å². The molecule has 0 saturated heterocycles. The van der Waals surface area contributed by atoms with E-state index in [0.717, 1.165) is 22.6 Å². The average molecular weight is 297 g/mol. The lowest BCUT2D eigenvalue weighted by Crippen LogP contribution is -2.32. The maximum absolute atomic E-state index is 5.92. The predicted molar refractivity (Wildman–Crippen MR) is 91.4 cm³/mol. The Kier molecular flexibility index (Phi) is 6.14. The normalized spacial score (nSPS) is 12.5. The third-order valence-electron chi connectivity index (χ3n) is 3.32. The molecule has 1 unspecified atom stereocenters. The van der Waals surface area contributed by atoms with Gasteiger partial charge in [0.25, 0.3) is 0 Å². The molecule has 0 amide bonds. The standard InChI is InChI=1S/C15H24N2S2/c1-10(2)9-11(3)17(4)12-7-6-8-13(19-5)14(12)15(16)18/h6-8,10-11H,9H2,1-5H3,(H2,16,18). The van der Waals surface area contributed by atoms with Crippen molar-refractivity contribution in [2.45, 2.75) is 38.1 Å². The van der Waals surface area contributed by atoms with Gasteiger partial charge in [-0.3, -0.25) is 0 Å². The van der Waals surface area contributed by atoms with E-state index in [9.17, 15) is 0 Å². The zero-order valence-corrected chi connectivity index (χ0v) is 14.1. The molecule has 0 aliphatic heterocycles. The second-order valence-corrected chi connectivity index (χ2v) is 6.60. The number of thiocarbonyl (C=S) groups is 1. The van der Waals surface area contributed by atoms with Gasteiger partial charge in [0.05, 0.1) is 0 Å². The van der Waals surface area contributed by atoms with Crippen molar-refractivity contribution in [3.63, 3.8) is 0 Å². The maximum atomic E-state index is 5.92. The van der Waals surface area contributed by atoms with Crippen LogP contribution in [0.5, 0.6) is 0 Å². The Hall–Kier alpha value is -0.740. The van der Waals surface area contributed by atoms with Crippen LogP contribution in [0.3, 0.4) is 0 Å². The molecule has 0 aromatic heterocycles. The van der Waals surface area contributed by atoms with Gasteiger partial charge in [-0.15, -0.1) is 11.8 Å². The molecule has 1 atom stereocenters. The summed E-state index contributed by atoms with van der Waals surface area (Å²) >= 11 is 6.92. The van der Waals surface area contributed by atoms with E-state index in [-0.39, 0.29) is 0 Å². The average Bonchev–Trinajstić information content (AvgIpc) is 2.35. The highest BCUT2D eigenvalue weighted by Gasteiger charge is 2.18. The molecule has 1 rings (SSSR count). The number of hydrogen-bond donors (Lipinski definition) is 1. The Morgan fingerprint density at radius 1 is 1.37 bits per heavy atom. The minimum atomic E-state index is 0.463. The molecule has 0 aliphatic rings. The van der Waals surface area contributed by atoms with Crippen molar-refractivity contribution in [2.75, 3.05) is 18.2 Å². The Bertz CT molecular complexity index is 444. The number of rotatable bonds is 6. The lowest BCUT2D eigenvalue weighted by molar-refractivity contribution is 0.504. The van der Waals surface area contributed by atoms with Crippen molar-refractivity contribution in [1.29, 1.82) is 0 Å². The van der Waals surface area contributed by atoms with Crippen molar-refractivity contribution >= 4 is 34.7 Å². The van der Waals surface area contributed by atoms with E-state index in [1.54, 1.807) is 11.8 Å². The van der Waals surface area contributed by atoms with Crippen LogP contribution < -0.4 is 10.6 Å². The van der Waals surface area contributed by atoms with Crippen LogP contribution in [0.1, 0.15) is 32.8 Å². The van der Waals surface area contributed by atoms with Gasteiger partial charge in [0.1, 0.15) is 4.99 Å². The third-order valence-corrected chi connectivity index (χ3v) is 4.31. The summed E-state index contributed by atoms with van der Waals surface area (Å²) in [7, 11) is 2.12. The number of anilines is 1. The topological polar surface area (TPSA) is 29.3 Å². The first kappa shape index (κ1) is 16.3. The first-order chi connectivity index (χ1) is 8.88. The molecule has 0 saturated carbocycles. The molecule has 0 bridgehead atoms. The fraction of sp³-hybridized carbons (Fsp3) is 0.533. The molecular formula is C15H24N2S2. The summed E-state index contributed by atoms with van der Waals surface area (Å²) in [5.74, 6) is 0.675. The monoisotopic (exact) mass is 296 g/mol. The highest BCUT2D eigenvalue weighted by atomic mass is 32.2. The van der Waals surface area contributed by atoms with Crippen molar-refractivity contribution in [3.8, 4) is 0 Å². The highest BCUT2D eigenvalue weighted by Crippen LogP contribution is 2.30. The summed E-state index contributed by atoms with van der Waals surface area (Å²) in [6, 6.07) is 6.71. The molecule has 0 fully saturated rings. The van der Waals surface area contributed by atoms with Gasteiger partial charge in [0.2, 0.25) is 0 Å². The zero-order valence-electron chi connectivity index (χ0n) is 12.4. The molecule has 0 spiro atoms. The Balaban J connectivity index is 3.15. The summed E-state index contributed by atoms with van der Waals surface area (Å²) in [6.45, 7) is 6.74. The first-order valence-electron chi connectivity index (χ1n) is 6.58. The van der Waals surface area contributed by atoms with E-state index in [1.165, 1.54) is 0 Å². The molecule has 19 heavy (non-hydrogen) atoms. The van der Waals surface area contributed by atoms with E-state index in [4.69, 9.17) is 18.0 Å². The molecular weight excluding hydrogens is 272 g/mol. The van der Waals surface area contributed by atoms with E-state index in [0.29, 0.717) is 16.9 Å². The van der Waals surface area contributed by atoms with E-state index in [2.05, 4.69) is 57.2 Å². The van der Waals surface area contributed by atoms with Gasteiger partial charge in [0.15, 0.2) is 0 Å². The lowest BCUT2D eigenvalue weighted by atomic mass is 10.0. The van der Waals surface area contributed by atoms with Crippen LogP contribution in [-0.2, 0) is 0 Å². The van der Waals surface area contributed by atoms with E-state index < -0.39 is 0 Å². The second-order valence-electron chi connectivity index (χ2n) is 5.31. The molecule has 0 aliphatic carbocycles. The van der Waals surface area contributed by atoms with E-state index >= 15 is 0 Å². The SMILES string of the molecule is CSc1cccc(N(C)C(C)CC(C)C)c1C(N)=S. The number of hydrogen-bond acceptors (Lipinski definition) is 3. The van der Waals surface area contributed by atoms with Gasteiger partial charge >= 0.3 is 0 Å². The van der Waals surface area contributed by atoms with Gasteiger partial charge in [-0.2, -0.15) is 0 Å². The Morgan fingerprint density at radius 2 is 2.00 bits per heavy atom. The second kappa shape index (κ2) is 7.15. The summed E-state index contributed by atoms with van der Waals surface area (Å²) in [4.78, 5) is 3.91. The molecule has 2 N–H and O–H groups in total. The first-order valence-corrected chi connectivity index (χ1v) is 8.21. The van der Waals surface area contributed by atoms with E-state index in [1.807, 2.05) is 0 Å². The summed E-state index contributed by atoms with van der Waals surface area (Å²) in [5.41, 5.74) is 8.06. The van der Waals surface area contributed by atoms with Crippen molar-refractivity contribution in [1.82, 2.24) is 0 Å². The van der Waals surface area contributed by atoms with Crippen LogP contribution in [0, 0.1) is 5.92 Å². The van der Waals surface area contributed by atoms with Crippen molar-refractivity contribution in [2.24, 2.45) is 11.7 Å². The van der Waals surface area contributed by atoms with Crippen LogP contribution in [0.4, 0.5) is 5.69 Å². The largest absolute Gasteiger partial charge is 0.389 e. The van der Waals surface area contributed by atoms with Crippen LogP contribution in [0.2, 0.25) is 0 Å². The number of nitrogens with zero attached hydrogens (tertiary/aromatic N) is 1. The molecule has 0 radical (unpaired) electrons. The minimum Gasteiger partial charge on any atom is -0.389 e. The summed E-state index contributed by atoms with van der Waals surface area (Å²) in [5, 5.41) is 0. The minimum absolute atomic E-state index is 0.463. The maximum Gasteiger partial charge on any atom is 0.107 e. The van der Waals surface area contributed by atoms with Gasteiger partial charge < -0.3 is 10.6 Å². The zero-order chi connectivity index (χ0) is 14.6. The van der Waals surface area contributed by atoms with Crippen LogP contribution >= 0.6 is 24.0 Å². The number of thioether (sulfide) groups is 1. The van der Waals surface area contributed by atoms with Gasteiger partial charge in [-0.1, -0.05) is 32.1 Å². The molecule has 106 valence electrons. The quantitative estimate of drug-likeness (QED) is 0.636. The van der Waals surface area contributed by atoms with Crippen LogP contribution in [0.15, 0.2) is 23.1 Å². The van der Waals surface area contributed by atoms with Gasteiger partial charge in [-0.05, 0) is 37.7 Å². The molecule has 4 heteroatoms. The molecule has 1 aromatic rings. The molecule has 0 heterocycles. The molecule has 2 nitrogen and oxygen atoms in total. The van der Waals surface area contributed by atoms with Crippen LogP contribution in [-0.4, -0.2) is 24.3 Å². The van der Waals surface area contributed by atoms with Gasteiger partial charge in [-0.25, -0.2) is 0 Å². The van der Waals surface area contributed by atoms with Crippen LogP contribution in [0.25, 0.3) is 0 Å². The highest BCUT2D eigenvalue weighted by molar-refractivity contribution is 7.98.